The van der Waals surface area contributed by atoms with Crippen molar-refractivity contribution < 1.29 is 0 Å². The number of hydrogen-bond acceptors (Lipinski definition) is 2. The molecule has 0 unspecified atom stereocenters. The highest BCUT2D eigenvalue weighted by Crippen LogP contribution is 2.20. The van der Waals surface area contributed by atoms with Crippen molar-refractivity contribution in [3.63, 3.8) is 0 Å². The van der Waals surface area contributed by atoms with E-state index in [0.29, 0.717) is 5.41 Å². The Bertz CT molecular complexity index is 376. The first kappa shape index (κ1) is 12.9. The normalized spacial score (nSPS) is 21.1. The minimum Gasteiger partial charge on any atom is -0.315 e. The Kier molecular flexibility index (Phi) is 4.08. The van der Waals surface area contributed by atoms with E-state index in [1.807, 2.05) is 12.1 Å². The molecule has 1 fully saturated rings. The lowest BCUT2D eigenvalue weighted by atomic mass is 9.93. The number of nitrogens with one attached hydrogen (secondary N) is 1. The highest BCUT2D eigenvalue weighted by atomic mass is 35.5. The van der Waals surface area contributed by atoms with E-state index in [1.54, 1.807) is 0 Å². The van der Waals surface area contributed by atoms with Crippen LogP contribution in [0.25, 0.3) is 0 Å². The quantitative estimate of drug-likeness (QED) is 0.871. The molecule has 0 saturated carbocycles. The SMILES string of the molecule is CC1(C)CNCCN(Cc2cccc(Cl)c2)C1. The van der Waals surface area contributed by atoms with Crippen LogP contribution in [0.15, 0.2) is 24.3 Å². The van der Waals surface area contributed by atoms with E-state index in [-0.39, 0.29) is 0 Å². The maximum atomic E-state index is 6.02. The van der Waals surface area contributed by atoms with Crippen LogP contribution in [0.3, 0.4) is 0 Å². The van der Waals surface area contributed by atoms with Gasteiger partial charge in [0.05, 0.1) is 0 Å². The number of nitrogens with zero attached hydrogens (tertiary/aromatic N) is 1. The number of hydrogen-bond donors (Lipinski definition) is 1. The van der Waals surface area contributed by atoms with Gasteiger partial charge in [-0.2, -0.15) is 0 Å². The summed E-state index contributed by atoms with van der Waals surface area (Å²) in [5, 5.41) is 4.33. The fourth-order valence-electron chi connectivity index (χ4n) is 2.43. The lowest BCUT2D eigenvalue weighted by Gasteiger charge is -2.29. The maximum Gasteiger partial charge on any atom is 0.0409 e. The van der Waals surface area contributed by atoms with Crippen molar-refractivity contribution in [1.29, 1.82) is 0 Å². The average molecular weight is 253 g/mol. The minimum atomic E-state index is 0.342. The number of benzene rings is 1. The third kappa shape index (κ3) is 3.98. The fraction of sp³-hybridized carbons (Fsp3) is 0.571. The highest BCUT2D eigenvalue weighted by molar-refractivity contribution is 6.30. The Morgan fingerprint density at radius 1 is 1.41 bits per heavy atom. The van der Waals surface area contributed by atoms with E-state index in [0.717, 1.165) is 37.7 Å². The van der Waals surface area contributed by atoms with Crippen LogP contribution in [-0.2, 0) is 6.54 Å². The molecule has 1 aromatic rings. The summed E-state index contributed by atoms with van der Waals surface area (Å²) in [6, 6.07) is 8.17. The van der Waals surface area contributed by atoms with Gasteiger partial charge >= 0.3 is 0 Å². The van der Waals surface area contributed by atoms with Crippen LogP contribution in [-0.4, -0.2) is 31.1 Å². The molecule has 0 atom stereocenters. The Hall–Kier alpha value is -0.570. The van der Waals surface area contributed by atoms with Crippen LogP contribution in [0.5, 0.6) is 0 Å². The van der Waals surface area contributed by atoms with E-state index in [1.165, 1.54) is 5.56 Å². The standard InChI is InChI=1S/C14H21ClN2/c1-14(2)10-16-6-7-17(11-14)9-12-4-3-5-13(15)8-12/h3-5,8,16H,6-7,9-11H2,1-2H3. The zero-order valence-electron chi connectivity index (χ0n) is 10.7. The minimum absolute atomic E-state index is 0.342. The summed E-state index contributed by atoms with van der Waals surface area (Å²) in [5.41, 5.74) is 1.64. The lowest BCUT2D eigenvalue weighted by Crippen LogP contribution is -2.34. The molecule has 2 rings (SSSR count). The van der Waals surface area contributed by atoms with Gasteiger partial charge in [-0.15, -0.1) is 0 Å². The number of rotatable bonds is 2. The first-order valence-electron chi connectivity index (χ1n) is 6.23. The van der Waals surface area contributed by atoms with Crippen molar-refractivity contribution >= 4 is 11.6 Å². The smallest absolute Gasteiger partial charge is 0.0409 e. The van der Waals surface area contributed by atoms with E-state index in [2.05, 4.69) is 36.2 Å². The molecule has 94 valence electrons. The molecule has 0 aliphatic carbocycles. The lowest BCUT2D eigenvalue weighted by molar-refractivity contribution is 0.200. The Morgan fingerprint density at radius 2 is 2.24 bits per heavy atom. The second-order valence-corrected chi connectivity index (χ2v) is 6.12. The Labute approximate surface area is 109 Å². The third-order valence-electron chi connectivity index (χ3n) is 3.16. The Balaban J connectivity index is 2.02. The summed E-state index contributed by atoms with van der Waals surface area (Å²) < 4.78 is 0. The van der Waals surface area contributed by atoms with E-state index < -0.39 is 0 Å². The van der Waals surface area contributed by atoms with E-state index in [9.17, 15) is 0 Å². The molecule has 1 aliphatic rings. The van der Waals surface area contributed by atoms with Gasteiger partial charge in [0.15, 0.2) is 0 Å². The molecule has 1 saturated heterocycles. The summed E-state index contributed by atoms with van der Waals surface area (Å²) in [6.07, 6.45) is 0. The molecule has 3 heteroatoms. The maximum absolute atomic E-state index is 6.02. The third-order valence-corrected chi connectivity index (χ3v) is 3.39. The van der Waals surface area contributed by atoms with Gasteiger partial charge in [0, 0.05) is 37.7 Å². The molecule has 0 bridgehead atoms. The van der Waals surface area contributed by atoms with Gasteiger partial charge < -0.3 is 5.32 Å². The summed E-state index contributed by atoms with van der Waals surface area (Å²) >= 11 is 6.02. The van der Waals surface area contributed by atoms with Gasteiger partial charge in [-0.05, 0) is 23.1 Å². The molecule has 1 heterocycles. The van der Waals surface area contributed by atoms with Gasteiger partial charge in [-0.25, -0.2) is 0 Å². The molecule has 0 amide bonds. The zero-order valence-corrected chi connectivity index (χ0v) is 11.4. The van der Waals surface area contributed by atoms with Crippen LogP contribution in [0.4, 0.5) is 0 Å². The first-order chi connectivity index (χ1) is 8.05. The van der Waals surface area contributed by atoms with Crippen molar-refractivity contribution in [1.82, 2.24) is 10.2 Å². The molecular weight excluding hydrogens is 232 g/mol. The van der Waals surface area contributed by atoms with Gasteiger partial charge in [0.25, 0.3) is 0 Å². The Morgan fingerprint density at radius 3 is 3.00 bits per heavy atom. The van der Waals surface area contributed by atoms with Crippen LogP contribution >= 0.6 is 11.6 Å². The van der Waals surface area contributed by atoms with Crippen molar-refractivity contribution in [2.24, 2.45) is 5.41 Å². The summed E-state index contributed by atoms with van der Waals surface area (Å²) in [6.45, 7) is 10.0. The van der Waals surface area contributed by atoms with Crippen molar-refractivity contribution in [3.8, 4) is 0 Å². The van der Waals surface area contributed by atoms with Crippen molar-refractivity contribution in [3.05, 3.63) is 34.9 Å². The second-order valence-electron chi connectivity index (χ2n) is 5.68. The summed E-state index contributed by atoms with van der Waals surface area (Å²) in [4.78, 5) is 2.51. The van der Waals surface area contributed by atoms with Gasteiger partial charge in [0.1, 0.15) is 0 Å². The molecule has 0 radical (unpaired) electrons. The first-order valence-corrected chi connectivity index (χ1v) is 6.60. The molecule has 17 heavy (non-hydrogen) atoms. The second kappa shape index (κ2) is 5.38. The van der Waals surface area contributed by atoms with Crippen LogP contribution in [0, 0.1) is 5.41 Å². The van der Waals surface area contributed by atoms with Crippen LogP contribution in [0.1, 0.15) is 19.4 Å². The van der Waals surface area contributed by atoms with Crippen LogP contribution < -0.4 is 5.32 Å². The topological polar surface area (TPSA) is 15.3 Å². The van der Waals surface area contributed by atoms with Crippen LogP contribution in [0.2, 0.25) is 5.02 Å². The van der Waals surface area contributed by atoms with Gasteiger partial charge in [-0.3, -0.25) is 4.90 Å². The largest absolute Gasteiger partial charge is 0.315 e. The molecule has 1 N–H and O–H groups in total. The van der Waals surface area contributed by atoms with Gasteiger partial charge in [0.2, 0.25) is 0 Å². The zero-order chi connectivity index (χ0) is 12.3. The monoisotopic (exact) mass is 252 g/mol. The van der Waals surface area contributed by atoms with Crippen molar-refractivity contribution in [2.75, 3.05) is 26.2 Å². The fourth-order valence-corrected chi connectivity index (χ4v) is 2.65. The summed E-state index contributed by atoms with van der Waals surface area (Å²) in [7, 11) is 0. The predicted octanol–water partition coefficient (Wildman–Crippen LogP) is 2.77. The molecular formula is C14H21ClN2. The van der Waals surface area contributed by atoms with E-state index in [4.69, 9.17) is 11.6 Å². The van der Waals surface area contributed by atoms with Gasteiger partial charge in [-0.1, -0.05) is 37.6 Å². The molecule has 2 nitrogen and oxygen atoms in total. The average Bonchev–Trinajstić information content (AvgIpc) is 2.39. The predicted molar refractivity (Wildman–Crippen MR) is 73.4 cm³/mol. The molecule has 1 aliphatic heterocycles. The highest BCUT2D eigenvalue weighted by Gasteiger charge is 2.24. The molecule has 0 aromatic heterocycles. The molecule has 0 spiro atoms. The van der Waals surface area contributed by atoms with Crippen molar-refractivity contribution in [2.45, 2.75) is 20.4 Å². The molecule has 1 aromatic carbocycles. The van der Waals surface area contributed by atoms with E-state index >= 15 is 0 Å². The summed E-state index contributed by atoms with van der Waals surface area (Å²) in [5.74, 6) is 0. The number of halogens is 1.